The first-order valence-corrected chi connectivity index (χ1v) is 3.56. The Labute approximate surface area is 64.4 Å². The van der Waals surface area contributed by atoms with Crippen molar-refractivity contribution in [1.29, 1.82) is 0 Å². The molecule has 3 heterocycles. The van der Waals surface area contributed by atoms with E-state index in [2.05, 4.69) is 0 Å². The van der Waals surface area contributed by atoms with E-state index < -0.39 is 5.97 Å². The summed E-state index contributed by atoms with van der Waals surface area (Å²) < 4.78 is 15.3. The molecule has 0 unspecified atom stereocenters. The highest BCUT2D eigenvalue weighted by Gasteiger charge is 2.50. The van der Waals surface area contributed by atoms with E-state index in [9.17, 15) is 4.79 Å². The average Bonchev–Trinajstić information content (AvgIpc) is 2.07. The Balaban J connectivity index is 2.18. The van der Waals surface area contributed by atoms with Crippen LogP contribution in [0.4, 0.5) is 0 Å². The summed E-state index contributed by atoms with van der Waals surface area (Å²) in [4.78, 5) is 10.5. The Morgan fingerprint density at radius 3 is 2.00 bits per heavy atom. The van der Waals surface area contributed by atoms with E-state index in [1.807, 2.05) is 6.92 Å². The van der Waals surface area contributed by atoms with Crippen LogP contribution >= 0.6 is 0 Å². The fraction of sp³-hybridized carbons (Fsp3) is 0.857. The van der Waals surface area contributed by atoms with Gasteiger partial charge < -0.3 is 14.2 Å². The molecule has 62 valence electrons. The molecule has 3 fully saturated rings. The number of hydrogen-bond donors (Lipinski definition) is 0. The molecule has 4 heteroatoms. The summed E-state index contributed by atoms with van der Waals surface area (Å²) in [6.45, 7) is 3.60. The van der Waals surface area contributed by atoms with E-state index in [0.29, 0.717) is 26.1 Å². The third-order valence-electron chi connectivity index (χ3n) is 2.01. The fourth-order valence-corrected chi connectivity index (χ4v) is 1.18. The van der Waals surface area contributed by atoms with Gasteiger partial charge in [-0.05, 0) is 0 Å². The highest BCUT2D eigenvalue weighted by molar-refractivity contribution is 5.58. The molecule has 0 spiro atoms. The van der Waals surface area contributed by atoms with Crippen LogP contribution in [-0.2, 0) is 19.0 Å². The fourth-order valence-electron chi connectivity index (χ4n) is 1.18. The molecule has 0 saturated carbocycles. The SMILES string of the molecule is CC12COC(C=O)(OC1)OC2. The topological polar surface area (TPSA) is 44.8 Å². The molecule has 3 saturated heterocycles. The molecule has 0 radical (unpaired) electrons. The monoisotopic (exact) mass is 158 g/mol. The van der Waals surface area contributed by atoms with Crippen LogP contribution in [0.5, 0.6) is 0 Å². The second-order valence-corrected chi connectivity index (χ2v) is 3.40. The van der Waals surface area contributed by atoms with Crippen LogP contribution in [-0.4, -0.2) is 32.1 Å². The molecule has 3 aliphatic heterocycles. The Kier molecular flexibility index (Phi) is 1.33. The molecule has 3 rings (SSSR count). The first kappa shape index (κ1) is 7.21. The highest BCUT2D eigenvalue weighted by Crippen LogP contribution is 2.36. The molecule has 0 aromatic rings. The minimum Gasteiger partial charge on any atom is -0.321 e. The molecule has 0 atom stereocenters. The van der Waals surface area contributed by atoms with Gasteiger partial charge in [0, 0.05) is 5.41 Å². The van der Waals surface area contributed by atoms with Gasteiger partial charge >= 0.3 is 5.97 Å². The van der Waals surface area contributed by atoms with Crippen molar-refractivity contribution in [2.75, 3.05) is 19.8 Å². The smallest absolute Gasteiger partial charge is 0.321 e. The summed E-state index contributed by atoms with van der Waals surface area (Å²) in [5.74, 6) is -1.38. The molecule has 0 aliphatic carbocycles. The van der Waals surface area contributed by atoms with Crippen molar-refractivity contribution in [2.24, 2.45) is 5.41 Å². The van der Waals surface area contributed by atoms with Crippen LogP contribution in [0.2, 0.25) is 0 Å². The minimum atomic E-state index is -1.38. The van der Waals surface area contributed by atoms with Crippen LogP contribution in [0.25, 0.3) is 0 Å². The minimum absolute atomic E-state index is 0.0647. The number of carbonyl (C=O) groups excluding carboxylic acids is 1. The second kappa shape index (κ2) is 2.03. The van der Waals surface area contributed by atoms with Gasteiger partial charge in [-0.2, -0.15) is 0 Å². The number of rotatable bonds is 1. The maximum Gasteiger partial charge on any atom is 0.343 e. The lowest BCUT2D eigenvalue weighted by atomic mass is 9.92. The average molecular weight is 158 g/mol. The number of aldehydes is 1. The molecule has 11 heavy (non-hydrogen) atoms. The molecule has 3 aliphatic rings. The highest BCUT2D eigenvalue weighted by atomic mass is 16.9. The van der Waals surface area contributed by atoms with E-state index >= 15 is 0 Å². The predicted molar refractivity (Wildman–Crippen MR) is 34.8 cm³/mol. The standard InChI is InChI=1S/C7H10O4/c1-6-3-9-7(2-8,10-4-6)11-5-6/h2H,3-5H2,1H3. The number of hydrogen-bond acceptors (Lipinski definition) is 4. The van der Waals surface area contributed by atoms with E-state index in [4.69, 9.17) is 14.2 Å². The molecule has 2 bridgehead atoms. The molecule has 0 aromatic carbocycles. The van der Waals surface area contributed by atoms with Crippen molar-refractivity contribution in [3.8, 4) is 0 Å². The van der Waals surface area contributed by atoms with E-state index in [0.717, 1.165) is 0 Å². The third kappa shape index (κ3) is 0.982. The first-order valence-electron chi connectivity index (χ1n) is 3.56. The lowest BCUT2D eigenvalue weighted by molar-refractivity contribution is -0.435. The van der Waals surface area contributed by atoms with Gasteiger partial charge in [0.2, 0.25) is 6.29 Å². The Morgan fingerprint density at radius 1 is 1.18 bits per heavy atom. The van der Waals surface area contributed by atoms with Gasteiger partial charge in [-0.3, -0.25) is 4.79 Å². The van der Waals surface area contributed by atoms with Crippen molar-refractivity contribution in [3.63, 3.8) is 0 Å². The van der Waals surface area contributed by atoms with Crippen molar-refractivity contribution in [3.05, 3.63) is 0 Å². The molecule has 0 amide bonds. The lowest BCUT2D eigenvalue weighted by Gasteiger charge is -2.47. The van der Waals surface area contributed by atoms with Gasteiger partial charge in [-0.1, -0.05) is 6.92 Å². The molecule has 4 nitrogen and oxygen atoms in total. The van der Waals surface area contributed by atoms with Crippen LogP contribution in [0, 0.1) is 5.41 Å². The van der Waals surface area contributed by atoms with Gasteiger partial charge in [-0.15, -0.1) is 0 Å². The Bertz CT molecular complexity index is 164. The van der Waals surface area contributed by atoms with Crippen molar-refractivity contribution >= 4 is 6.29 Å². The normalized spacial score (nSPS) is 49.2. The zero-order chi connectivity index (χ0) is 7.95. The van der Waals surface area contributed by atoms with E-state index in [-0.39, 0.29) is 5.41 Å². The Hall–Kier alpha value is -0.450. The van der Waals surface area contributed by atoms with Gasteiger partial charge in [0.05, 0.1) is 19.8 Å². The maximum absolute atomic E-state index is 10.5. The zero-order valence-electron chi connectivity index (χ0n) is 6.33. The summed E-state index contributed by atoms with van der Waals surface area (Å²) in [5.41, 5.74) is -0.0647. The number of carbonyl (C=O) groups is 1. The van der Waals surface area contributed by atoms with Crippen molar-refractivity contribution < 1.29 is 19.0 Å². The summed E-state index contributed by atoms with van der Waals surface area (Å²) in [6, 6.07) is 0. The largest absolute Gasteiger partial charge is 0.343 e. The van der Waals surface area contributed by atoms with Crippen LogP contribution in [0.15, 0.2) is 0 Å². The van der Waals surface area contributed by atoms with Gasteiger partial charge in [-0.25, -0.2) is 0 Å². The summed E-state index contributed by atoms with van der Waals surface area (Å²) >= 11 is 0. The Morgan fingerprint density at radius 2 is 1.64 bits per heavy atom. The number of ether oxygens (including phenoxy) is 3. The zero-order valence-corrected chi connectivity index (χ0v) is 6.33. The molecular weight excluding hydrogens is 148 g/mol. The first-order chi connectivity index (χ1) is 5.18. The summed E-state index contributed by atoms with van der Waals surface area (Å²) in [7, 11) is 0. The van der Waals surface area contributed by atoms with Gasteiger partial charge in [0.15, 0.2) is 0 Å². The van der Waals surface area contributed by atoms with Gasteiger partial charge in [0.25, 0.3) is 0 Å². The third-order valence-corrected chi connectivity index (χ3v) is 2.01. The van der Waals surface area contributed by atoms with Crippen LogP contribution < -0.4 is 0 Å². The second-order valence-electron chi connectivity index (χ2n) is 3.40. The predicted octanol–water partition coefficient (Wildman–Crippen LogP) is -0.0776. The summed E-state index contributed by atoms with van der Waals surface area (Å²) in [5, 5.41) is 0. The quantitative estimate of drug-likeness (QED) is 0.501. The van der Waals surface area contributed by atoms with Crippen LogP contribution in [0.3, 0.4) is 0 Å². The molecule has 0 N–H and O–H groups in total. The lowest BCUT2D eigenvalue weighted by Crippen LogP contribution is -2.59. The van der Waals surface area contributed by atoms with Crippen molar-refractivity contribution in [1.82, 2.24) is 0 Å². The van der Waals surface area contributed by atoms with E-state index in [1.54, 1.807) is 0 Å². The van der Waals surface area contributed by atoms with E-state index in [1.165, 1.54) is 0 Å². The van der Waals surface area contributed by atoms with Gasteiger partial charge in [0.1, 0.15) is 0 Å². The summed E-state index contributed by atoms with van der Waals surface area (Å²) in [6.07, 6.45) is 0.561. The van der Waals surface area contributed by atoms with Crippen LogP contribution in [0.1, 0.15) is 6.92 Å². The molecular formula is C7H10O4. The number of fused-ring (bicyclic) bond motifs is 3. The maximum atomic E-state index is 10.5. The van der Waals surface area contributed by atoms with Crippen molar-refractivity contribution in [2.45, 2.75) is 12.9 Å². The molecule has 0 aromatic heterocycles.